The Labute approximate surface area is 126 Å². The molecule has 2 rings (SSSR count). The predicted octanol–water partition coefficient (Wildman–Crippen LogP) is 5.43. The van der Waals surface area contributed by atoms with Crippen LogP contribution in [-0.2, 0) is 0 Å². The molecule has 1 aliphatic rings. The highest BCUT2D eigenvalue weighted by Gasteiger charge is 2.26. The minimum Gasteiger partial charge on any atom is -0.382 e. The second-order valence-electron chi connectivity index (χ2n) is 5.71. The van der Waals surface area contributed by atoms with E-state index in [0.29, 0.717) is 11.5 Å². The van der Waals surface area contributed by atoms with Crippen LogP contribution in [0.4, 0.5) is 5.69 Å². The maximum absolute atomic E-state index is 3.66. The first-order valence-corrected chi connectivity index (χ1v) is 8.05. The fourth-order valence-electron chi connectivity index (χ4n) is 2.37. The lowest BCUT2D eigenvalue weighted by Gasteiger charge is -2.35. The second-order valence-corrected chi connectivity index (χ2v) is 7.73. The van der Waals surface area contributed by atoms with E-state index in [1.54, 1.807) is 0 Å². The molecule has 0 atom stereocenters. The van der Waals surface area contributed by atoms with Gasteiger partial charge in [-0.3, -0.25) is 0 Å². The van der Waals surface area contributed by atoms with Crippen LogP contribution in [0.5, 0.6) is 0 Å². The van der Waals surface area contributed by atoms with Gasteiger partial charge >= 0.3 is 0 Å². The minimum atomic E-state index is 0.548. The molecule has 0 aromatic heterocycles. The summed E-state index contributed by atoms with van der Waals surface area (Å²) in [4.78, 5) is 0. The van der Waals surface area contributed by atoms with Gasteiger partial charge in [0.1, 0.15) is 0 Å². The third kappa shape index (κ3) is 3.85. The van der Waals surface area contributed by atoms with Crippen molar-refractivity contribution in [2.24, 2.45) is 5.41 Å². The minimum absolute atomic E-state index is 0.548. The van der Waals surface area contributed by atoms with E-state index in [-0.39, 0.29) is 0 Å². The van der Waals surface area contributed by atoms with Crippen molar-refractivity contribution in [3.63, 3.8) is 0 Å². The van der Waals surface area contributed by atoms with Crippen molar-refractivity contribution in [2.75, 3.05) is 5.32 Å². The molecule has 1 aliphatic carbocycles. The zero-order chi connectivity index (χ0) is 12.5. The molecule has 1 N–H and O–H groups in total. The highest BCUT2D eigenvalue weighted by Crippen LogP contribution is 2.36. The number of hydrogen-bond donors (Lipinski definition) is 1. The fourth-order valence-corrected chi connectivity index (χ4v) is 3.13. The van der Waals surface area contributed by atoms with Crippen LogP contribution >= 0.6 is 38.5 Å². The summed E-state index contributed by atoms with van der Waals surface area (Å²) in [7, 11) is 0. The van der Waals surface area contributed by atoms with Crippen LogP contribution in [0.3, 0.4) is 0 Å². The molecule has 0 heterocycles. The molecule has 3 heteroatoms. The number of nitrogens with one attached hydrogen (secondary N) is 1. The molecule has 1 aromatic carbocycles. The summed E-state index contributed by atoms with van der Waals surface area (Å²) in [6.45, 7) is 4.76. The van der Waals surface area contributed by atoms with E-state index in [2.05, 4.69) is 75.9 Å². The van der Waals surface area contributed by atoms with Gasteiger partial charge in [0, 0.05) is 19.8 Å². The van der Waals surface area contributed by atoms with Crippen LogP contribution in [0.15, 0.2) is 22.7 Å². The molecule has 17 heavy (non-hydrogen) atoms. The number of benzene rings is 1. The maximum Gasteiger partial charge on any atom is 0.0353 e. The lowest BCUT2D eigenvalue weighted by Crippen LogP contribution is -2.29. The zero-order valence-corrected chi connectivity index (χ0v) is 14.1. The molecule has 0 amide bonds. The Hall–Kier alpha value is 0.230. The summed E-state index contributed by atoms with van der Waals surface area (Å²) in [5, 5.41) is 3.66. The molecule has 0 radical (unpaired) electrons. The normalized spacial score (nSPS) is 20.2. The van der Waals surface area contributed by atoms with Gasteiger partial charge in [0.2, 0.25) is 0 Å². The first-order valence-electron chi connectivity index (χ1n) is 6.18. The smallest absolute Gasteiger partial charge is 0.0353 e. The lowest BCUT2D eigenvalue weighted by molar-refractivity contribution is 0.232. The van der Waals surface area contributed by atoms with E-state index in [9.17, 15) is 0 Å². The zero-order valence-electron chi connectivity index (χ0n) is 10.4. The summed E-state index contributed by atoms with van der Waals surface area (Å²) in [5.41, 5.74) is 1.80. The first-order chi connectivity index (χ1) is 7.96. The molecule has 1 nitrogen and oxygen atoms in total. The Morgan fingerprint density at radius 1 is 1.29 bits per heavy atom. The first kappa shape index (κ1) is 13.7. The van der Waals surface area contributed by atoms with Crippen molar-refractivity contribution in [3.05, 3.63) is 26.2 Å². The van der Waals surface area contributed by atoms with Gasteiger partial charge in [-0.25, -0.2) is 0 Å². The lowest BCUT2D eigenvalue weighted by atomic mass is 9.75. The van der Waals surface area contributed by atoms with Crippen LogP contribution in [0.2, 0.25) is 0 Å². The molecule has 0 unspecified atom stereocenters. The Balaban J connectivity index is 1.95. The topological polar surface area (TPSA) is 12.0 Å². The van der Waals surface area contributed by atoms with Gasteiger partial charge in [0.25, 0.3) is 0 Å². The quantitative estimate of drug-likeness (QED) is 0.644. The van der Waals surface area contributed by atoms with Crippen molar-refractivity contribution in [3.8, 4) is 0 Å². The van der Waals surface area contributed by atoms with Crippen molar-refractivity contribution >= 4 is 44.2 Å². The monoisotopic (exact) mass is 407 g/mol. The Morgan fingerprint density at radius 2 is 1.94 bits per heavy atom. The van der Waals surface area contributed by atoms with Crippen LogP contribution in [0.1, 0.15) is 39.5 Å². The SMILES string of the molecule is CC1(C)CCC(Nc2ccc(Br)c(I)c2)CC1. The van der Waals surface area contributed by atoms with Crippen LogP contribution in [0.25, 0.3) is 0 Å². The summed E-state index contributed by atoms with van der Waals surface area (Å²) >= 11 is 5.90. The van der Waals surface area contributed by atoms with Crippen molar-refractivity contribution < 1.29 is 0 Å². The molecule has 0 aliphatic heterocycles. The predicted molar refractivity (Wildman–Crippen MR) is 86.5 cm³/mol. The van der Waals surface area contributed by atoms with E-state index in [1.807, 2.05) is 0 Å². The highest BCUT2D eigenvalue weighted by molar-refractivity contribution is 14.1. The van der Waals surface area contributed by atoms with Gasteiger partial charge in [0.05, 0.1) is 0 Å². The maximum atomic E-state index is 3.66. The van der Waals surface area contributed by atoms with Gasteiger partial charge in [-0.2, -0.15) is 0 Å². The van der Waals surface area contributed by atoms with E-state index >= 15 is 0 Å². The molecule has 0 bridgehead atoms. The fraction of sp³-hybridized carbons (Fsp3) is 0.571. The molecular weight excluding hydrogens is 389 g/mol. The third-order valence-corrected chi connectivity index (χ3v) is 5.95. The number of hydrogen-bond acceptors (Lipinski definition) is 1. The molecule has 1 fully saturated rings. The molecule has 94 valence electrons. The van der Waals surface area contributed by atoms with Crippen LogP contribution in [0, 0.1) is 8.99 Å². The molecule has 0 saturated heterocycles. The van der Waals surface area contributed by atoms with Crippen LogP contribution in [-0.4, -0.2) is 6.04 Å². The number of anilines is 1. The van der Waals surface area contributed by atoms with Crippen LogP contribution < -0.4 is 5.32 Å². The van der Waals surface area contributed by atoms with E-state index in [1.165, 1.54) is 39.4 Å². The van der Waals surface area contributed by atoms with E-state index < -0.39 is 0 Å². The Kier molecular flexibility index (Phi) is 4.40. The standard InChI is InChI=1S/C14H19BrIN/c1-14(2)7-5-10(6-8-14)17-11-3-4-12(15)13(16)9-11/h3-4,9-10,17H,5-8H2,1-2H3. The Bertz CT molecular complexity index is 393. The highest BCUT2D eigenvalue weighted by atomic mass is 127. The summed E-state index contributed by atoms with van der Waals surface area (Å²) in [6.07, 6.45) is 5.25. The van der Waals surface area contributed by atoms with E-state index in [4.69, 9.17) is 0 Å². The molecule has 1 aromatic rings. The van der Waals surface area contributed by atoms with Crippen molar-refractivity contribution in [1.82, 2.24) is 0 Å². The number of halogens is 2. The molecule has 0 spiro atoms. The van der Waals surface area contributed by atoms with E-state index in [0.717, 1.165) is 0 Å². The summed E-state index contributed by atoms with van der Waals surface area (Å²) in [5.74, 6) is 0. The van der Waals surface area contributed by atoms with Gasteiger partial charge in [-0.15, -0.1) is 0 Å². The van der Waals surface area contributed by atoms with Gasteiger partial charge in [-0.05, 0) is 87.8 Å². The van der Waals surface area contributed by atoms with Gasteiger partial charge < -0.3 is 5.32 Å². The second kappa shape index (κ2) is 5.47. The molecule has 1 saturated carbocycles. The van der Waals surface area contributed by atoms with Gasteiger partial charge in [0.15, 0.2) is 0 Å². The van der Waals surface area contributed by atoms with Gasteiger partial charge in [-0.1, -0.05) is 13.8 Å². The Morgan fingerprint density at radius 3 is 2.53 bits per heavy atom. The average Bonchev–Trinajstić information content (AvgIpc) is 2.27. The number of rotatable bonds is 2. The average molecular weight is 408 g/mol. The third-order valence-electron chi connectivity index (χ3n) is 3.63. The van der Waals surface area contributed by atoms with Crippen molar-refractivity contribution in [1.29, 1.82) is 0 Å². The molecular formula is C14H19BrIN. The largest absolute Gasteiger partial charge is 0.382 e. The van der Waals surface area contributed by atoms with Crippen molar-refractivity contribution in [2.45, 2.75) is 45.6 Å². The summed E-state index contributed by atoms with van der Waals surface area (Å²) < 4.78 is 2.44. The summed E-state index contributed by atoms with van der Waals surface area (Å²) in [6, 6.07) is 7.15.